The predicted octanol–water partition coefficient (Wildman–Crippen LogP) is 2.63. The maximum atomic E-state index is 4.83. The van der Waals surface area contributed by atoms with Crippen molar-refractivity contribution in [1.29, 1.82) is 0 Å². The smallest absolute Gasteiger partial charge is 0.225 e. The quantitative estimate of drug-likeness (QED) is 0.767. The van der Waals surface area contributed by atoms with Crippen molar-refractivity contribution in [2.75, 3.05) is 50.7 Å². The van der Waals surface area contributed by atoms with E-state index in [9.17, 15) is 0 Å². The lowest BCUT2D eigenvalue weighted by molar-refractivity contribution is 0.131. The van der Waals surface area contributed by atoms with Crippen LogP contribution in [0.2, 0.25) is 0 Å². The van der Waals surface area contributed by atoms with E-state index in [2.05, 4.69) is 39.6 Å². The zero-order valence-corrected chi connectivity index (χ0v) is 15.5. The number of hydrogen-bond acceptors (Lipinski definition) is 5. The summed E-state index contributed by atoms with van der Waals surface area (Å²) in [5.74, 6) is 1.74. The van der Waals surface area contributed by atoms with Crippen molar-refractivity contribution in [3.05, 3.63) is 18.0 Å². The molecule has 2 saturated heterocycles. The van der Waals surface area contributed by atoms with Crippen molar-refractivity contribution in [3.63, 3.8) is 0 Å². The van der Waals surface area contributed by atoms with Gasteiger partial charge in [-0.15, -0.1) is 0 Å². The topological polar surface area (TPSA) is 35.5 Å². The highest BCUT2D eigenvalue weighted by molar-refractivity contribution is 5.31. The first-order chi connectivity index (χ1) is 11.8. The Labute approximate surface area is 147 Å². The summed E-state index contributed by atoms with van der Waals surface area (Å²) in [5.41, 5.74) is 1.18. The molecule has 1 atom stereocenters. The summed E-state index contributed by atoms with van der Waals surface area (Å²) in [4.78, 5) is 16.8. The van der Waals surface area contributed by atoms with Gasteiger partial charge >= 0.3 is 0 Å². The van der Waals surface area contributed by atoms with Gasteiger partial charge in [-0.1, -0.05) is 13.8 Å². The highest BCUT2D eigenvalue weighted by Crippen LogP contribution is 2.20. The van der Waals surface area contributed by atoms with Crippen LogP contribution in [0.1, 0.15) is 45.2 Å². The SMILES string of the molecule is CCN(CC)CC1CCCN(Cc2ccnc(N3CCCC3)n2)C1. The number of hydrogen-bond donors (Lipinski definition) is 0. The molecule has 24 heavy (non-hydrogen) atoms. The molecule has 0 saturated carbocycles. The zero-order chi connectivity index (χ0) is 16.8. The first-order valence-electron chi connectivity index (χ1n) is 9.80. The molecule has 0 aliphatic carbocycles. The summed E-state index contributed by atoms with van der Waals surface area (Å²) in [6.45, 7) is 13.7. The number of piperidine rings is 1. The molecule has 0 amide bonds. The third-order valence-electron chi connectivity index (χ3n) is 5.49. The molecule has 3 heterocycles. The van der Waals surface area contributed by atoms with Gasteiger partial charge < -0.3 is 9.80 Å². The largest absolute Gasteiger partial charge is 0.341 e. The van der Waals surface area contributed by atoms with Crippen molar-refractivity contribution >= 4 is 5.95 Å². The third kappa shape index (κ3) is 4.67. The molecular weight excluding hydrogens is 298 g/mol. The highest BCUT2D eigenvalue weighted by atomic mass is 15.3. The average molecular weight is 332 g/mol. The molecule has 0 bridgehead atoms. The Morgan fingerprint density at radius 3 is 2.67 bits per heavy atom. The van der Waals surface area contributed by atoms with Gasteiger partial charge in [-0.05, 0) is 57.3 Å². The highest BCUT2D eigenvalue weighted by Gasteiger charge is 2.22. The van der Waals surface area contributed by atoms with Crippen molar-refractivity contribution in [2.45, 2.75) is 46.1 Å². The van der Waals surface area contributed by atoms with E-state index in [-0.39, 0.29) is 0 Å². The van der Waals surface area contributed by atoms with Crippen LogP contribution in [-0.4, -0.2) is 65.6 Å². The molecule has 1 unspecified atom stereocenters. The molecular formula is C19H33N5. The summed E-state index contributed by atoms with van der Waals surface area (Å²) in [7, 11) is 0. The number of nitrogens with zero attached hydrogens (tertiary/aromatic N) is 5. The Balaban J connectivity index is 1.56. The predicted molar refractivity (Wildman–Crippen MR) is 99.3 cm³/mol. The Morgan fingerprint density at radius 1 is 1.12 bits per heavy atom. The van der Waals surface area contributed by atoms with Crippen molar-refractivity contribution in [1.82, 2.24) is 19.8 Å². The summed E-state index contributed by atoms with van der Waals surface area (Å²) in [5, 5.41) is 0. The monoisotopic (exact) mass is 331 g/mol. The van der Waals surface area contributed by atoms with Crippen LogP contribution in [-0.2, 0) is 6.54 Å². The van der Waals surface area contributed by atoms with Crippen molar-refractivity contribution < 1.29 is 0 Å². The third-order valence-corrected chi connectivity index (χ3v) is 5.49. The van der Waals surface area contributed by atoms with Crippen LogP contribution < -0.4 is 4.90 Å². The molecule has 1 aromatic heterocycles. The lowest BCUT2D eigenvalue weighted by atomic mass is 9.97. The van der Waals surface area contributed by atoms with E-state index in [1.165, 1.54) is 51.0 Å². The van der Waals surface area contributed by atoms with Crippen LogP contribution in [0.4, 0.5) is 5.95 Å². The fraction of sp³-hybridized carbons (Fsp3) is 0.789. The molecule has 5 heteroatoms. The fourth-order valence-corrected chi connectivity index (χ4v) is 4.06. The second kappa shape index (κ2) is 8.77. The van der Waals surface area contributed by atoms with Crippen LogP contribution in [0.25, 0.3) is 0 Å². The first-order valence-corrected chi connectivity index (χ1v) is 9.80. The average Bonchev–Trinajstić information content (AvgIpc) is 3.15. The lowest BCUT2D eigenvalue weighted by Crippen LogP contribution is -2.40. The Hall–Kier alpha value is -1.20. The van der Waals surface area contributed by atoms with Crippen LogP contribution in [0.15, 0.2) is 12.3 Å². The van der Waals surface area contributed by atoms with Gasteiger partial charge in [0.1, 0.15) is 0 Å². The van der Waals surface area contributed by atoms with Gasteiger partial charge in [0.25, 0.3) is 0 Å². The first kappa shape index (κ1) is 17.6. The van der Waals surface area contributed by atoms with E-state index in [1.807, 2.05) is 6.20 Å². The minimum Gasteiger partial charge on any atom is -0.341 e. The molecule has 0 spiro atoms. The molecule has 5 nitrogen and oxygen atoms in total. The molecule has 1 aromatic rings. The van der Waals surface area contributed by atoms with E-state index in [0.29, 0.717) is 0 Å². The fourth-order valence-electron chi connectivity index (χ4n) is 4.06. The minimum absolute atomic E-state index is 0.804. The van der Waals surface area contributed by atoms with Gasteiger partial charge in [-0.3, -0.25) is 4.90 Å². The number of aromatic nitrogens is 2. The van der Waals surface area contributed by atoms with Crippen LogP contribution >= 0.6 is 0 Å². The van der Waals surface area contributed by atoms with Gasteiger partial charge in [0.15, 0.2) is 0 Å². The number of anilines is 1. The van der Waals surface area contributed by atoms with Crippen LogP contribution in [0.5, 0.6) is 0 Å². The molecule has 2 aliphatic heterocycles. The second-order valence-electron chi connectivity index (χ2n) is 7.27. The Morgan fingerprint density at radius 2 is 1.92 bits per heavy atom. The standard InChI is InChI=1S/C19H33N5/c1-3-22(4-2)14-17-8-7-11-23(15-17)16-18-9-10-20-19(21-18)24-12-5-6-13-24/h9-10,17H,3-8,11-16H2,1-2H3. The maximum absolute atomic E-state index is 4.83. The second-order valence-corrected chi connectivity index (χ2v) is 7.27. The molecule has 3 rings (SSSR count). The van der Waals surface area contributed by atoms with Crippen molar-refractivity contribution in [2.24, 2.45) is 5.92 Å². The normalized spacial score (nSPS) is 22.5. The molecule has 0 N–H and O–H groups in total. The summed E-state index contributed by atoms with van der Waals surface area (Å²) >= 11 is 0. The van der Waals surface area contributed by atoms with E-state index >= 15 is 0 Å². The van der Waals surface area contributed by atoms with Gasteiger partial charge in [0.05, 0.1) is 5.69 Å². The van der Waals surface area contributed by atoms with Gasteiger partial charge in [-0.25, -0.2) is 9.97 Å². The maximum Gasteiger partial charge on any atom is 0.225 e. The van der Waals surface area contributed by atoms with Crippen molar-refractivity contribution in [3.8, 4) is 0 Å². The number of likely N-dealkylation sites (tertiary alicyclic amines) is 1. The van der Waals surface area contributed by atoms with E-state index in [4.69, 9.17) is 4.98 Å². The number of rotatable bonds is 7. The summed E-state index contributed by atoms with van der Waals surface area (Å²) in [6.07, 6.45) is 7.17. The molecule has 0 aromatic carbocycles. The molecule has 2 aliphatic rings. The molecule has 2 fully saturated rings. The molecule has 0 radical (unpaired) electrons. The van der Waals surface area contributed by atoms with Gasteiger partial charge in [-0.2, -0.15) is 0 Å². The van der Waals surface area contributed by atoms with Crippen LogP contribution in [0.3, 0.4) is 0 Å². The van der Waals surface area contributed by atoms with Crippen LogP contribution in [0, 0.1) is 5.92 Å². The Kier molecular flexibility index (Phi) is 6.44. The zero-order valence-electron chi connectivity index (χ0n) is 15.5. The summed E-state index contributed by atoms with van der Waals surface area (Å²) < 4.78 is 0. The Bertz CT molecular complexity index is 496. The van der Waals surface area contributed by atoms with E-state index in [1.54, 1.807) is 0 Å². The van der Waals surface area contributed by atoms with E-state index < -0.39 is 0 Å². The lowest BCUT2D eigenvalue weighted by Gasteiger charge is -2.35. The van der Waals surface area contributed by atoms with Gasteiger partial charge in [0.2, 0.25) is 5.95 Å². The summed E-state index contributed by atoms with van der Waals surface area (Å²) in [6, 6.07) is 2.09. The van der Waals surface area contributed by atoms with Gasteiger partial charge in [0, 0.05) is 38.9 Å². The molecule has 134 valence electrons. The van der Waals surface area contributed by atoms with E-state index in [0.717, 1.165) is 44.6 Å². The minimum atomic E-state index is 0.804.